The summed E-state index contributed by atoms with van der Waals surface area (Å²) in [6.45, 7) is 5.58. The average Bonchev–Trinajstić information content (AvgIpc) is 2.97. The highest BCUT2D eigenvalue weighted by atomic mass is 32.1. The van der Waals surface area contributed by atoms with Gasteiger partial charge in [-0.05, 0) is 35.7 Å². The van der Waals surface area contributed by atoms with E-state index in [0.29, 0.717) is 19.6 Å². The van der Waals surface area contributed by atoms with Crippen molar-refractivity contribution in [2.75, 3.05) is 19.6 Å². The van der Waals surface area contributed by atoms with Crippen molar-refractivity contribution in [2.24, 2.45) is 5.73 Å². The highest BCUT2D eigenvalue weighted by Crippen LogP contribution is 2.28. The van der Waals surface area contributed by atoms with Crippen molar-refractivity contribution in [2.45, 2.75) is 32.4 Å². The first-order valence-electron chi connectivity index (χ1n) is 6.97. The zero-order chi connectivity index (χ0) is 14.7. The van der Waals surface area contributed by atoms with Crippen molar-refractivity contribution in [3.8, 4) is 0 Å². The summed E-state index contributed by atoms with van der Waals surface area (Å²) in [4.78, 5) is 27.6. The number of likely N-dealkylation sites (N-methyl/N-ethyl adjacent to an activating group) is 1. The fourth-order valence-electron chi connectivity index (χ4n) is 2.58. The zero-order valence-corrected chi connectivity index (χ0v) is 12.7. The van der Waals surface area contributed by atoms with Crippen LogP contribution in [0.15, 0.2) is 16.8 Å². The average molecular weight is 295 g/mol. The van der Waals surface area contributed by atoms with Crippen molar-refractivity contribution in [1.82, 2.24) is 9.80 Å². The second-order valence-corrected chi connectivity index (χ2v) is 5.74. The highest BCUT2D eigenvalue weighted by Gasteiger charge is 2.38. The molecular weight excluding hydrogens is 274 g/mol. The second-order valence-electron chi connectivity index (χ2n) is 4.96. The number of piperazine rings is 1. The lowest BCUT2D eigenvalue weighted by Gasteiger charge is -2.40. The molecular formula is C14H21N3O2S. The third kappa shape index (κ3) is 2.71. The van der Waals surface area contributed by atoms with Gasteiger partial charge in [0.1, 0.15) is 0 Å². The molecule has 1 aromatic rings. The molecule has 6 heteroatoms. The van der Waals surface area contributed by atoms with E-state index in [-0.39, 0.29) is 12.1 Å². The van der Waals surface area contributed by atoms with Crippen LogP contribution in [0.25, 0.3) is 0 Å². The molecule has 0 saturated carbocycles. The van der Waals surface area contributed by atoms with Gasteiger partial charge in [-0.25, -0.2) is 0 Å². The SMILES string of the molecule is CCC(N)C(c1ccsc1)N1CCN(CC)C(=O)C1=O. The van der Waals surface area contributed by atoms with Crippen molar-refractivity contribution in [3.63, 3.8) is 0 Å². The third-order valence-corrected chi connectivity index (χ3v) is 4.52. The van der Waals surface area contributed by atoms with E-state index >= 15 is 0 Å². The molecule has 20 heavy (non-hydrogen) atoms. The smallest absolute Gasteiger partial charge is 0.312 e. The Morgan fingerprint density at radius 3 is 2.60 bits per heavy atom. The molecule has 2 heterocycles. The molecule has 1 fully saturated rings. The molecule has 110 valence electrons. The van der Waals surface area contributed by atoms with E-state index in [0.717, 1.165) is 12.0 Å². The molecule has 1 aliphatic rings. The van der Waals surface area contributed by atoms with Crippen LogP contribution in [0.4, 0.5) is 0 Å². The first-order valence-corrected chi connectivity index (χ1v) is 7.92. The first-order chi connectivity index (χ1) is 9.60. The highest BCUT2D eigenvalue weighted by molar-refractivity contribution is 7.08. The minimum Gasteiger partial charge on any atom is -0.333 e. The number of carbonyl (C=O) groups excluding carboxylic acids is 2. The van der Waals surface area contributed by atoms with E-state index in [1.54, 1.807) is 21.1 Å². The Morgan fingerprint density at radius 2 is 2.05 bits per heavy atom. The van der Waals surface area contributed by atoms with Crippen LogP contribution in [0, 0.1) is 0 Å². The van der Waals surface area contributed by atoms with E-state index in [4.69, 9.17) is 5.73 Å². The number of nitrogens with zero attached hydrogens (tertiary/aromatic N) is 2. The summed E-state index contributed by atoms with van der Waals surface area (Å²) in [5.74, 6) is -0.847. The molecule has 5 nitrogen and oxygen atoms in total. The molecule has 2 unspecified atom stereocenters. The summed E-state index contributed by atoms with van der Waals surface area (Å²) in [5.41, 5.74) is 7.22. The monoisotopic (exact) mass is 295 g/mol. The Hall–Kier alpha value is -1.40. The van der Waals surface area contributed by atoms with Gasteiger partial charge in [0.25, 0.3) is 0 Å². The number of thiophene rings is 1. The second kappa shape index (κ2) is 6.37. The Labute approximate surface area is 123 Å². The molecule has 2 atom stereocenters. The number of carbonyl (C=O) groups is 2. The van der Waals surface area contributed by atoms with Crippen LogP contribution in [-0.2, 0) is 9.59 Å². The van der Waals surface area contributed by atoms with E-state index in [2.05, 4.69) is 0 Å². The molecule has 2 amide bonds. The lowest BCUT2D eigenvalue weighted by molar-refractivity contribution is -0.158. The van der Waals surface area contributed by atoms with Gasteiger partial charge < -0.3 is 15.5 Å². The predicted molar refractivity (Wildman–Crippen MR) is 79.3 cm³/mol. The van der Waals surface area contributed by atoms with Crippen LogP contribution < -0.4 is 5.73 Å². The molecule has 0 bridgehead atoms. The van der Waals surface area contributed by atoms with Crippen LogP contribution >= 0.6 is 11.3 Å². The minimum atomic E-state index is -0.432. The summed E-state index contributed by atoms with van der Waals surface area (Å²) < 4.78 is 0. The van der Waals surface area contributed by atoms with Crippen LogP contribution in [0.5, 0.6) is 0 Å². The van der Waals surface area contributed by atoms with Gasteiger partial charge in [0.2, 0.25) is 0 Å². The van der Waals surface area contributed by atoms with Gasteiger partial charge in [0, 0.05) is 25.7 Å². The molecule has 2 N–H and O–H groups in total. The maximum Gasteiger partial charge on any atom is 0.312 e. The maximum atomic E-state index is 12.3. The number of amides is 2. The molecule has 1 saturated heterocycles. The molecule has 2 rings (SSSR count). The van der Waals surface area contributed by atoms with E-state index in [1.165, 1.54) is 0 Å². The molecule has 0 aliphatic carbocycles. The lowest BCUT2D eigenvalue weighted by atomic mass is 9.97. The number of hydrogen-bond acceptors (Lipinski definition) is 4. The Kier molecular flexibility index (Phi) is 4.77. The van der Waals surface area contributed by atoms with Gasteiger partial charge in [-0.3, -0.25) is 9.59 Å². The van der Waals surface area contributed by atoms with E-state index in [1.807, 2.05) is 30.7 Å². The summed E-state index contributed by atoms with van der Waals surface area (Å²) in [6, 6.07) is 1.62. The topological polar surface area (TPSA) is 66.6 Å². The fourth-order valence-corrected chi connectivity index (χ4v) is 3.27. The van der Waals surface area contributed by atoms with Gasteiger partial charge in [-0.15, -0.1) is 0 Å². The summed E-state index contributed by atoms with van der Waals surface area (Å²) in [7, 11) is 0. The Morgan fingerprint density at radius 1 is 1.30 bits per heavy atom. The first kappa shape index (κ1) is 15.0. The number of nitrogens with two attached hydrogens (primary N) is 1. The van der Waals surface area contributed by atoms with Crippen LogP contribution in [-0.4, -0.2) is 47.3 Å². The van der Waals surface area contributed by atoms with Crippen LogP contribution in [0.3, 0.4) is 0 Å². The number of hydrogen-bond donors (Lipinski definition) is 1. The van der Waals surface area contributed by atoms with E-state index in [9.17, 15) is 9.59 Å². The summed E-state index contributed by atoms with van der Waals surface area (Å²) >= 11 is 1.58. The van der Waals surface area contributed by atoms with Gasteiger partial charge in [0.05, 0.1) is 6.04 Å². The molecule has 0 aromatic carbocycles. The fraction of sp³-hybridized carbons (Fsp3) is 0.571. The third-order valence-electron chi connectivity index (χ3n) is 3.82. The van der Waals surface area contributed by atoms with E-state index < -0.39 is 11.8 Å². The summed E-state index contributed by atoms with van der Waals surface area (Å²) in [6.07, 6.45) is 0.760. The molecule has 1 aromatic heterocycles. The Bertz CT molecular complexity index is 475. The minimum absolute atomic E-state index is 0.158. The predicted octanol–water partition coefficient (Wildman–Crippen LogP) is 1.22. The van der Waals surface area contributed by atoms with Gasteiger partial charge in [-0.2, -0.15) is 11.3 Å². The molecule has 0 spiro atoms. The summed E-state index contributed by atoms with van der Waals surface area (Å²) in [5, 5.41) is 3.98. The van der Waals surface area contributed by atoms with Crippen molar-refractivity contribution < 1.29 is 9.59 Å². The van der Waals surface area contributed by atoms with Crippen molar-refractivity contribution in [1.29, 1.82) is 0 Å². The zero-order valence-electron chi connectivity index (χ0n) is 11.9. The van der Waals surface area contributed by atoms with Crippen LogP contribution in [0.2, 0.25) is 0 Å². The normalized spacial score (nSPS) is 19.4. The van der Waals surface area contributed by atoms with Gasteiger partial charge in [-0.1, -0.05) is 6.92 Å². The maximum absolute atomic E-state index is 12.3. The Balaban J connectivity index is 2.26. The quantitative estimate of drug-likeness (QED) is 0.831. The lowest BCUT2D eigenvalue weighted by Crippen LogP contribution is -2.57. The number of rotatable bonds is 5. The molecule has 1 aliphatic heterocycles. The standard InChI is InChI=1S/C14H21N3O2S/c1-3-11(15)12(10-5-8-20-9-10)17-7-6-16(4-2)13(18)14(17)19/h5,8-9,11-12H,3-4,6-7,15H2,1-2H3. The largest absolute Gasteiger partial charge is 0.333 e. The van der Waals surface area contributed by atoms with Crippen molar-refractivity contribution in [3.05, 3.63) is 22.4 Å². The van der Waals surface area contributed by atoms with Crippen molar-refractivity contribution >= 4 is 23.2 Å². The molecule has 0 radical (unpaired) electrons. The van der Waals surface area contributed by atoms with Crippen LogP contribution in [0.1, 0.15) is 31.9 Å². The van der Waals surface area contributed by atoms with Gasteiger partial charge >= 0.3 is 11.8 Å². The van der Waals surface area contributed by atoms with Gasteiger partial charge in [0.15, 0.2) is 0 Å².